The van der Waals surface area contributed by atoms with Crippen LogP contribution in [0.1, 0.15) is 5.76 Å². The van der Waals surface area contributed by atoms with Gasteiger partial charge in [-0.05, 0) is 36.4 Å². The molecular weight excluding hydrogens is 303 g/mol. The number of ether oxygens (including phenoxy) is 1. The van der Waals surface area contributed by atoms with Crippen molar-refractivity contribution in [2.24, 2.45) is 5.73 Å². The van der Waals surface area contributed by atoms with Crippen molar-refractivity contribution in [3.8, 4) is 17.1 Å². The molecule has 1 unspecified atom stereocenters. The molecule has 0 saturated heterocycles. The Kier molecular flexibility index (Phi) is 4.41. The standard InChI is InChI=1S/C14H12F3NO4/c15-14(16,17)22-9-3-1-8(2-4-9)12-6-5-10(21-12)7-11(18)13(19)20/h1-6,11H,7,18H2,(H,19,20). The van der Waals surface area contributed by atoms with Crippen molar-refractivity contribution < 1.29 is 32.2 Å². The molecule has 2 rings (SSSR count). The van der Waals surface area contributed by atoms with E-state index in [2.05, 4.69) is 4.74 Å². The second-order valence-electron chi connectivity index (χ2n) is 4.49. The highest BCUT2D eigenvalue weighted by molar-refractivity contribution is 5.73. The highest BCUT2D eigenvalue weighted by Gasteiger charge is 2.31. The third-order valence-corrected chi connectivity index (χ3v) is 2.77. The lowest BCUT2D eigenvalue weighted by Crippen LogP contribution is -2.32. The predicted molar refractivity (Wildman–Crippen MR) is 70.1 cm³/mol. The summed E-state index contributed by atoms with van der Waals surface area (Å²) < 4.78 is 45.4. The van der Waals surface area contributed by atoms with Gasteiger partial charge < -0.3 is 20.0 Å². The first-order valence-electron chi connectivity index (χ1n) is 6.18. The van der Waals surface area contributed by atoms with Crippen molar-refractivity contribution in [2.75, 3.05) is 0 Å². The first-order valence-corrected chi connectivity index (χ1v) is 6.18. The lowest BCUT2D eigenvalue weighted by Gasteiger charge is -2.08. The van der Waals surface area contributed by atoms with Crippen LogP contribution in [0.3, 0.4) is 0 Å². The molecule has 0 aliphatic heterocycles. The topological polar surface area (TPSA) is 85.7 Å². The molecule has 0 bridgehead atoms. The molecule has 0 spiro atoms. The molecule has 0 saturated carbocycles. The zero-order chi connectivity index (χ0) is 16.3. The number of hydrogen-bond donors (Lipinski definition) is 2. The normalized spacial score (nSPS) is 12.9. The van der Waals surface area contributed by atoms with Gasteiger partial charge in [-0.15, -0.1) is 13.2 Å². The highest BCUT2D eigenvalue weighted by Crippen LogP contribution is 2.27. The summed E-state index contributed by atoms with van der Waals surface area (Å²) in [6.07, 6.45) is -4.73. The molecule has 2 aromatic rings. The second kappa shape index (κ2) is 6.10. The monoisotopic (exact) mass is 315 g/mol. The van der Waals surface area contributed by atoms with E-state index in [4.69, 9.17) is 15.3 Å². The SMILES string of the molecule is NC(Cc1ccc(-c2ccc(OC(F)(F)F)cc2)o1)C(=O)O. The third kappa shape index (κ3) is 4.26. The Hall–Kier alpha value is -2.48. The van der Waals surface area contributed by atoms with Gasteiger partial charge in [0, 0.05) is 12.0 Å². The molecule has 22 heavy (non-hydrogen) atoms. The summed E-state index contributed by atoms with van der Waals surface area (Å²) in [7, 11) is 0. The van der Waals surface area contributed by atoms with E-state index in [0.29, 0.717) is 17.1 Å². The number of alkyl halides is 3. The molecule has 0 aliphatic carbocycles. The van der Waals surface area contributed by atoms with Crippen molar-refractivity contribution in [3.63, 3.8) is 0 Å². The van der Waals surface area contributed by atoms with Gasteiger partial charge in [0.15, 0.2) is 0 Å². The quantitative estimate of drug-likeness (QED) is 0.886. The summed E-state index contributed by atoms with van der Waals surface area (Å²) in [4.78, 5) is 10.7. The Labute approximate surface area is 123 Å². The number of benzene rings is 1. The first kappa shape index (κ1) is 15.9. The fourth-order valence-electron chi connectivity index (χ4n) is 1.77. The molecule has 0 aliphatic rings. The lowest BCUT2D eigenvalue weighted by atomic mass is 10.1. The predicted octanol–water partition coefficient (Wildman–Crippen LogP) is 2.80. The largest absolute Gasteiger partial charge is 0.573 e. The van der Waals surface area contributed by atoms with Crippen LogP contribution < -0.4 is 10.5 Å². The molecule has 0 fully saturated rings. The van der Waals surface area contributed by atoms with E-state index >= 15 is 0 Å². The van der Waals surface area contributed by atoms with Crippen LogP contribution in [-0.2, 0) is 11.2 Å². The van der Waals surface area contributed by atoms with Gasteiger partial charge in [-0.25, -0.2) is 0 Å². The van der Waals surface area contributed by atoms with E-state index in [1.54, 1.807) is 12.1 Å². The number of carboxylic acids is 1. The molecule has 1 aromatic carbocycles. The number of nitrogens with two attached hydrogens (primary N) is 1. The average Bonchev–Trinajstić information content (AvgIpc) is 2.86. The Balaban J connectivity index is 2.09. The van der Waals surface area contributed by atoms with Crippen molar-refractivity contribution >= 4 is 5.97 Å². The van der Waals surface area contributed by atoms with Gasteiger partial charge in [-0.2, -0.15) is 0 Å². The van der Waals surface area contributed by atoms with Crippen molar-refractivity contribution in [1.82, 2.24) is 0 Å². The number of furan rings is 1. The maximum absolute atomic E-state index is 12.1. The van der Waals surface area contributed by atoms with Crippen LogP contribution >= 0.6 is 0 Å². The molecule has 118 valence electrons. The van der Waals surface area contributed by atoms with E-state index < -0.39 is 18.4 Å². The number of hydrogen-bond acceptors (Lipinski definition) is 4. The number of carbonyl (C=O) groups is 1. The summed E-state index contributed by atoms with van der Waals surface area (Å²) in [5.41, 5.74) is 5.92. The summed E-state index contributed by atoms with van der Waals surface area (Å²) in [5.74, 6) is -0.714. The van der Waals surface area contributed by atoms with Crippen LogP contribution in [0.15, 0.2) is 40.8 Å². The zero-order valence-corrected chi connectivity index (χ0v) is 11.1. The Morgan fingerprint density at radius 1 is 1.23 bits per heavy atom. The van der Waals surface area contributed by atoms with Gasteiger partial charge >= 0.3 is 12.3 Å². The molecule has 1 aromatic heterocycles. The van der Waals surface area contributed by atoms with E-state index in [9.17, 15) is 18.0 Å². The van der Waals surface area contributed by atoms with Crippen LogP contribution in [0, 0.1) is 0 Å². The Morgan fingerprint density at radius 2 is 1.86 bits per heavy atom. The van der Waals surface area contributed by atoms with E-state index in [1.807, 2.05) is 0 Å². The molecule has 3 N–H and O–H groups in total. The fourth-order valence-corrected chi connectivity index (χ4v) is 1.77. The number of aliphatic carboxylic acids is 1. The van der Waals surface area contributed by atoms with E-state index in [1.165, 1.54) is 12.1 Å². The third-order valence-electron chi connectivity index (χ3n) is 2.77. The van der Waals surface area contributed by atoms with Gasteiger partial charge in [0.25, 0.3) is 0 Å². The zero-order valence-electron chi connectivity index (χ0n) is 11.1. The highest BCUT2D eigenvalue weighted by atomic mass is 19.4. The number of halogens is 3. The minimum absolute atomic E-state index is 0.0185. The number of carboxylic acid groups (broad SMARTS) is 1. The maximum atomic E-state index is 12.1. The Morgan fingerprint density at radius 3 is 2.41 bits per heavy atom. The molecule has 1 heterocycles. The summed E-state index contributed by atoms with van der Waals surface area (Å²) in [5, 5.41) is 8.72. The fraction of sp³-hybridized carbons (Fsp3) is 0.214. The van der Waals surface area contributed by atoms with Crippen LogP contribution in [0.2, 0.25) is 0 Å². The lowest BCUT2D eigenvalue weighted by molar-refractivity contribution is -0.274. The average molecular weight is 315 g/mol. The summed E-state index contributed by atoms with van der Waals surface area (Å²) >= 11 is 0. The van der Waals surface area contributed by atoms with Crippen LogP contribution in [-0.4, -0.2) is 23.5 Å². The molecule has 5 nitrogen and oxygen atoms in total. The molecule has 0 amide bonds. The maximum Gasteiger partial charge on any atom is 0.573 e. The minimum atomic E-state index is -4.74. The van der Waals surface area contributed by atoms with Gasteiger partial charge in [-0.3, -0.25) is 4.79 Å². The van der Waals surface area contributed by atoms with Crippen molar-refractivity contribution in [3.05, 3.63) is 42.2 Å². The Bertz CT molecular complexity index is 649. The van der Waals surface area contributed by atoms with Crippen molar-refractivity contribution in [2.45, 2.75) is 18.8 Å². The van der Waals surface area contributed by atoms with Crippen LogP contribution in [0.4, 0.5) is 13.2 Å². The summed E-state index contributed by atoms with van der Waals surface area (Å²) in [6, 6.07) is 7.20. The molecular formula is C14H12F3NO4. The molecule has 8 heteroatoms. The van der Waals surface area contributed by atoms with Crippen LogP contribution in [0.25, 0.3) is 11.3 Å². The van der Waals surface area contributed by atoms with E-state index in [0.717, 1.165) is 12.1 Å². The van der Waals surface area contributed by atoms with E-state index in [-0.39, 0.29) is 12.2 Å². The minimum Gasteiger partial charge on any atom is -0.480 e. The number of rotatable bonds is 5. The van der Waals surface area contributed by atoms with Gasteiger partial charge in [0.1, 0.15) is 23.3 Å². The van der Waals surface area contributed by atoms with Crippen molar-refractivity contribution in [1.29, 1.82) is 0 Å². The smallest absolute Gasteiger partial charge is 0.480 e. The van der Waals surface area contributed by atoms with Gasteiger partial charge in [0.2, 0.25) is 0 Å². The second-order valence-corrected chi connectivity index (χ2v) is 4.49. The van der Waals surface area contributed by atoms with Gasteiger partial charge in [0.05, 0.1) is 0 Å². The summed E-state index contributed by atoms with van der Waals surface area (Å²) in [6.45, 7) is 0. The van der Waals surface area contributed by atoms with Crippen LogP contribution in [0.5, 0.6) is 5.75 Å². The molecule has 0 radical (unpaired) electrons. The van der Waals surface area contributed by atoms with Gasteiger partial charge in [-0.1, -0.05) is 0 Å². The molecule has 1 atom stereocenters. The first-order chi connectivity index (χ1) is 10.2.